The fraction of sp³-hybridized carbons (Fsp3) is 0.200. The number of nitrogen functional groups attached to an aromatic ring is 1. The van der Waals surface area contributed by atoms with E-state index in [1.807, 2.05) is 47.4 Å². The summed E-state index contributed by atoms with van der Waals surface area (Å²) in [4.78, 5) is 17.0. The Morgan fingerprint density at radius 3 is 2.19 bits per heavy atom. The zero-order valence-electron chi connectivity index (χ0n) is 17.6. The minimum Gasteiger partial charge on any atom is -0.398 e. The summed E-state index contributed by atoms with van der Waals surface area (Å²) in [7, 11) is 2.08. The van der Waals surface area contributed by atoms with Crippen LogP contribution in [-0.4, -0.2) is 54.8 Å². The molecule has 0 unspecified atom stereocenters. The van der Waals surface area contributed by atoms with Crippen molar-refractivity contribution < 1.29 is 4.79 Å². The fourth-order valence-corrected chi connectivity index (χ4v) is 3.70. The second-order valence-electron chi connectivity index (χ2n) is 7.84. The number of rotatable bonds is 4. The molecular formula is C25H27N5O. The van der Waals surface area contributed by atoms with Gasteiger partial charge in [0.1, 0.15) is 5.84 Å². The van der Waals surface area contributed by atoms with Crippen LogP contribution in [0.15, 0.2) is 72.8 Å². The molecule has 31 heavy (non-hydrogen) atoms. The van der Waals surface area contributed by atoms with E-state index in [-0.39, 0.29) is 5.91 Å². The first kappa shape index (κ1) is 20.6. The fourth-order valence-electron chi connectivity index (χ4n) is 3.70. The molecule has 0 radical (unpaired) electrons. The average molecular weight is 414 g/mol. The van der Waals surface area contributed by atoms with Gasteiger partial charge in [-0.3, -0.25) is 10.2 Å². The highest BCUT2D eigenvalue weighted by atomic mass is 16.1. The average Bonchev–Trinajstić information content (AvgIpc) is 2.80. The number of carbonyl (C=O) groups is 1. The molecule has 1 aliphatic rings. The first-order valence-electron chi connectivity index (χ1n) is 10.4. The number of amides is 1. The molecule has 0 aromatic heterocycles. The molecular weight excluding hydrogens is 386 g/mol. The third-order valence-corrected chi connectivity index (χ3v) is 5.64. The summed E-state index contributed by atoms with van der Waals surface area (Å²) < 4.78 is 0. The lowest BCUT2D eigenvalue weighted by Gasteiger charge is -2.34. The molecule has 0 atom stereocenters. The van der Waals surface area contributed by atoms with Gasteiger partial charge in [-0.2, -0.15) is 0 Å². The van der Waals surface area contributed by atoms with Crippen LogP contribution in [0.4, 0.5) is 11.4 Å². The second kappa shape index (κ2) is 9.02. The van der Waals surface area contributed by atoms with Gasteiger partial charge in [-0.25, -0.2) is 0 Å². The number of hydrogen-bond donors (Lipinski definition) is 3. The highest BCUT2D eigenvalue weighted by molar-refractivity contribution is 6.07. The van der Waals surface area contributed by atoms with Crippen LogP contribution in [0.2, 0.25) is 0 Å². The number of nitrogens with two attached hydrogens (primary N) is 1. The van der Waals surface area contributed by atoms with Crippen molar-refractivity contribution in [1.29, 1.82) is 5.41 Å². The number of carbonyl (C=O) groups excluding carboxylic acids is 1. The molecule has 3 aromatic rings. The van der Waals surface area contributed by atoms with Crippen LogP contribution in [0.5, 0.6) is 0 Å². The van der Waals surface area contributed by atoms with Gasteiger partial charge in [-0.05, 0) is 48.5 Å². The third-order valence-electron chi connectivity index (χ3n) is 5.64. The number of hydrogen-bond acceptors (Lipinski definition) is 4. The molecule has 4 N–H and O–H groups in total. The van der Waals surface area contributed by atoms with Crippen molar-refractivity contribution in [1.82, 2.24) is 9.80 Å². The molecule has 0 spiro atoms. The number of amidine groups is 1. The van der Waals surface area contributed by atoms with Gasteiger partial charge >= 0.3 is 0 Å². The molecule has 1 fully saturated rings. The maximum atomic E-state index is 12.7. The van der Waals surface area contributed by atoms with Gasteiger partial charge in [0.15, 0.2) is 0 Å². The summed E-state index contributed by atoms with van der Waals surface area (Å²) >= 11 is 0. The van der Waals surface area contributed by atoms with Gasteiger partial charge in [0.2, 0.25) is 0 Å². The van der Waals surface area contributed by atoms with Crippen molar-refractivity contribution in [3.63, 3.8) is 0 Å². The summed E-state index contributed by atoms with van der Waals surface area (Å²) in [6, 6.07) is 23.0. The molecule has 1 saturated heterocycles. The number of benzene rings is 3. The molecule has 0 saturated carbocycles. The quantitative estimate of drug-likeness (QED) is 0.345. The van der Waals surface area contributed by atoms with Crippen LogP contribution in [-0.2, 0) is 0 Å². The van der Waals surface area contributed by atoms with Crippen LogP contribution < -0.4 is 11.1 Å². The summed E-state index contributed by atoms with van der Waals surface area (Å²) in [5.74, 6) is 0.186. The topological polar surface area (TPSA) is 85.5 Å². The van der Waals surface area contributed by atoms with E-state index in [4.69, 9.17) is 11.1 Å². The third kappa shape index (κ3) is 4.75. The first-order chi connectivity index (χ1) is 15.0. The lowest BCUT2D eigenvalue weighted by molar-refractivity contribution is 0.102. The Kier molecular flexibility index (Phi) is 6.00. The molecule has 0 bridgehead atoms. The predicted molar refractivity (Wildman–Crippen MR) is 127 cm³/mol. The van der Waals surface area contributed by atoms with E-state index in [1.54, 1.807) is 18.2 Å². The minimum atomic E-state index is -0.225. The van der Waals surface area contributed by atoms with Gasteiger partial charge in [-0.15, -0.1) is 0 Å². The van der Waals surface area contributed by atoms with Crippen LogP contribution >= 0.6 is 0 Å². The normalized spacial score (nSPS) is 14.3. The Balaban J connectivity index is 1.43. The van der Waals surface area contributed by atoms with Gasteiger partial charge in [0.05, 0.1) is 0 Å². The number of nitrogens with zero attached hydrogens (tertiary/aromatic N) is 2. The number of likely N-dealkylation sites (N-methyl/N-ethyl adjacent to an activating group) is 1. The molecule has 0 aliphatic carbocycles. The Morgan fingerprint density at radius 2 is 1.55 bits per heavy atom. The lowest BCUT2D eigenvalue weighted by Crippen LogP contribution is -2.47. The van der Waals surface area contributed by atoms with E-state index in [2.05, 4.69) is 29.4 Å². The first-order valence-corrected chi connectivity index (χ1v) is 10.4. The van der Waals surface area contributed by atoms with Gasteiger partial charge < -0.3 is 20.9 Å². The summed E-state index contributed by atoms with van der Waals surface area (Å²) in [6.45, 7) is 3.45. The van der Waals surface area contributed by atoms with Gasteiger partial charge in [-0.1, -0.05) is 42.5 Å². The zero-order valence-corrected chi connectivity index (χ0v) is 17.6. The standard InChI is InChI=1S/C25H27N5O/c1-29-13-15-30(16-14-29)24(27)22-12-9-20(17-23(22)26)25(31)28-21-10-7-19(8-11-21)18-5-3-2-4-6-18/h2-12,17,27H,13-16,26H2,1H3,(H,28,31). The molecule has 1 heterocycles. The Hall–Kier alpha value is -3.64. The molecule has 158 valence electrons. The van der Waals surface area contributed by atoms with Crippen LogP contribution in [0.1, 0.15) is 15.9 Å². The Labute approximate surface area is 182 Å². The van der Waals surface area contributed by atoms with E-state index in [0.29, 0.717) is 22.6 Å². The second-order valence-corrected chi connectivity index (χ2v) is 7.84. The molecule has 3 aromatic carbocycles. The van der Waals surface area contributed by atoms with Crippen molar-refractivity contribution in [2.45, 2.75) is 0 Å². The lowest BCUT2D eigenvalue weighted by atomic mass is 10.0. The minimum absolute atomic E-state index is 0.225. The van der Waals surface area contributed by atoms with Gasteiger partial charge in [0.25, 0.3) is 5.91 Å². The SMILES string of the molecule is CN1CCN(C(=N)c2ccc(C(=O)Nc3ccc(-c4ccccc4)cc3)cc2N)CC1. The summed E-state index contributed by atoms with van der Waals surface area (Å²) in [6.07, 6.45) is 0. The smallest absolute Gasteiger partial charge is 0.255 e. The van der Waals surface area contributed by atoms with E-state index in [0.717, 1.165) is 43.0 Å². The number of nitrogens with one attached hydrogen (secondary N) is 2. The van der Waals surface area contributed by atoms with E-state index >= 15 is 0 Å². The molecule has 1 aliphatic heterocycles. The highest BCUT2D eigenvalue weighted by Crippen LogP contribution is 2.22. The largest absolute Gasteiger partial charge is 0.398 e. The predicted octanol–water partition coefficient (Wildman–Crippen LogP) is 3.76. The van der Waals surface area contributed by atoms with Crippen LogP contribution in [0, 0.1) is 5.41 Å². The van der Waals surface area contributed by atoms with Crippen molar-refractivity contribution >= 4 is 23.1 Å². The highest BCUT2D eigenvalue weighted by Gasteiger charge is 2.20. The monoisotopic (exact) mass is 413 g/mol. The maximum absolute atomic E-state index is 12.7. The Bertz CT molecular complexity index is 1070. The maximum Gasteiger partial charge on any atom is 0.255 e. The van der Waals surface area contributed by atoms with Crippen molar-refractivity contribution in [2.24, 2.45) is 0 Å². The number of piperazine rings is 1. The zero-order chi connectivity index (χ0) is 21.8. The molecule has 1 amide bonds. The van der Waals surface area contributed by atoms with Gasteiger partial charge in [0, 0.05) is 48.7 Å². The van der Waals surface area contributed by atoms with Crippen LogP contribution in [0.3, 0.4) is 0 Å². The van der Waals surface area contributed by atoms with E-state index in [1.165, 1.54) is 0 Å². The van der Waals surface area contributed by atoms with Crippen molar-refractivity contribution in [3.05, 3.63) is 83.9 Å². The molecule has 6 heteroatoms. The molecule has 6 nitrogen and oxygen atoms in total. The van der Waals surface area contributed by atoms with E-state index in [9.17, 15) is 4.79 Å². The summed E-state index contributed by atoms with van der Waals surface area (Å²) in [5, 5.41) is 11.4. The van der Waals surface area contributed by atoms with Crippen LogP contribution in [0.25, 0.3) is 11.1 Å². The Morgan fingerprint density at radius 1 is 0.903 bits per heavy atom. The summed E-state index contributed by atoms with van der Waals surface area (Å²) in [5.41, 5.74) is 10.7. The van der Waals surface area contributed by atoms with E-state index < -0.39 is 0 Å². The van der Waals surface area contributed by atoms with Crippen molar-refractivity contribution in [2.75, 3.05) is 44.3 Å². The number of anilines is 2. The van der Waals surface area contributed by atoms with Crippen molar-refractivity contribution in [3.8, 4) is 11.1 Å². The molecule has 4 rings (SSSR count).